The number of amides is 1. The van der Waals surface area contributed by atoms with Crippen LogP contribution in [-0.4, -0.2) is 10.5 Å². The summed E-state index contributed by atoms with van der Waals surface area (Å²) >= 11 is 0. The van der Waals surface area contributed by atoms with E-state index in [2.05, 4.69) is 5.32 Å². The summed E-state index contributed by atoms with van der Waals surface area (Å²) in [7, 11) is 0. The molecule has 1 aromatic carbocycles. The molecule has 1 heterocycles. The molecule has 2 aromatic rings. The number of carbonyl (C=O) groups excluding carboxylic acids is 1. The Bertz CT molecular complexity index is 813. The second-order valence-electron chi connectivity index (χ2n) is 5.57. The molecule has 0 atom stereocenters. The molecule has 0 aliphatic rings. The van der Waals surface area contributed by atoms with Crippen LogP contribution in [0.1, 0.15) is 25.0 Å². The van der Waals surface area contributed by atoms with Crippen LogP contribution in [0.25, 0.3) is 0 Å². The van der Waals surface area contributed by atoms with E-state index in [-0.39, 0.29) is 11.5 Å². The Kier molecular flexibility index (Phi) is 4.13. The number of nitrogens with zero attached hydrogens (tertiary/aromatic N) is 2. The van der Waals surface area contributed by atoms with E-state index in [9.17, 15) is 9.59 Å². The van der Waals surface area contributed by atoms with Crippen molar-refractivity contribution in [2.24, 2.45) is 0 Å². The number of nitrogens with one attached hydrogen (secondary N) is 1. The second kappa shape index (κ2) is 5.86. The molecule has 1 N–H and O–H groups in total. The zero-order valence-electron chi connectivity index (χ0n) is 12.8. The maximum atomic E-state index is 12.5. The molecule has 2 rings (SSSR count). The normalized spacial score (nSPS) is 10.8. The third-order valence-corrected chi connectivity index (χ3v) is 3.54. The van der Waals surface area contributed by atoms with Crippen molar-refractivity contribution in [2.75, 3.05) is 5.32 Å². The molecule has 0 saturated carbocycles. The number of benzene rings is 1. The van der Waals surface area contributed by atoms with Crippen molar-refractivity contribution >= 4 is 11.6 Å². The van der Waals surface area contributed by atoms with E-state index in [1.54, 1.807) is 63.4 Å². The highest BCUT2D eigenvalue weighted by Gasteiger charge is 2.30. The van der Waals surface area contributed by atoms with Crippen molar-refractivity contribution in [2.45, 2.75) is 26.3 Å². The highest BCUT2D eigenvalue weighted by molar-refractivity contribution is 5.96. The van der Waals surface area contributed by atoms with Crippen LogP contribution in [0.5, 0.6) is 0 Å². The number of aryl methyl sites for hydroxylation is 1. The first-order chi connectivity index (χ1) is 10.4. The van der Waals surface area contributed by atoms with Gasteiger partial charge in [-0.2, -0.15) is 5.26 Å². The number of anilines is 1. The molecule has 0 bridgehead atoms. The first-order valence-corrected chi connectivity index (χ1v) is 6.86. The number of hydrogen-bond acceptors (Lipinski definition) is 3. The third-order valence-electron chi connectivity index (χ3n) is 3.54. The molecule has 0 aliphatic heterocycles. The van der Waals surface area contributed by atoms with Crippen molar-refractivity contribution in [3.63, 3.8) is 0 Å². The maximum absolute atomic E-state index is 12.5. The fraction of sp³-hybridized carbons (Fsp3) is 0.235. The minimum absolute atomic E-state index is 0.201. The number of hydrogen-bond donors (Lipinski definition) is 1. The third kappa shape index (κ3) is 2.91. The summed E-state index contributed by atoms with van der Waals surface area (Å²) < 4.78 is 1.41. The SMILES string of the molecule is Cc1cccn(C(C)(C)C(=O)Nc2cccc(C#N)c2)c1=O. The van der Waals surface area contributed by atoms with Gasteiger partial charge in [-0.3, -0.25) is 9.59 Å². The van der Waals surface area contributed by atoms with Gasteiger partial charge in [0.1, 0.15) is 5.54 Å². The summed E-state index contributed by atoms with van der Waals surface area (Å²) in [5.74, 6) is -0.324. The topological polar surface area (TPSA) is 74.9 Å². The predicted octanol–water partition coefficient (Wildman–Crippen LogP) is 2.40. The Balaban J connectivity index is 2.33. The number of aromatic nitrogens is 1. The van der Waals surface area contributed by atoms with Gasteiger partial charge in [0.2, 0.25) is 5.91 Å². The highest BCUT2D eigenvalue weighted by atomic mass is 16.2. The maximum Gasteiger partial charge on any atom is 0.254 e. The molecule has 0 aliphatic carbocycles. The monoisotopic (exact) mass is 295 g/mol. The van der Waals surface area contributed by atoms with Gasteiger partial charge >= 0.3 is 0 Å². The first-order valence-electron chi connectivity index (χ1n) is 6.86. The largest absolute Gasteiger partial charge is 0.324 e. The fourth-order valence-corrected chi connectivity index (χ4v) is 2.10. The van der Waals surface area contributed by atoms with Gasteiger partial charge in [-0.1, -0.05) is 12.1 Å². The van der Waals surface area contributed by atoms with Gasteiger partial charge in [-0.15, -0.1) is 0 Å². The van der Waals surface area contributed by atoms with Gasteiger partial charge in [0.05, 0.1) is 11.6 Å². The van der Waals surface area contributed by atoms with E-state index in [1.165, 1.54) is 4.57 Å². The standard InChI is InChI=1S/C17H17N3O2/c1-12-6-5-9-20(15(12)21)17(2,3)16(22)19-14-8-4-7-13(10-14)11-18/h4-10H,1-3H3,(H,19,22). The van der Waals surface area contributed by atoms with Crippen LogP contribution < -0.4 is 10.9 Å². The van der Waals surface area contributed by atoms with Crippen LogP contribution in [0.2, 0.25) is 0 Å². The Labute approximate surface area is 128 Å². The van der Waals surface area contributed by atoms with Crippen molar-refractivity contribution in [3.8, 4) is 6.07 Å². The molecule has 5 nitrogen and oxygen atoms in total. The quantitative estimate of drug-likeness (QED) is 0.944. The zero-order valence-corrected chi connectivity index (χ0v) is 12.8. The predicted molar refractivity (Wildman–Crippen MR) is 84.5 cm³/mol. The zero-order chi connectivity index (χ0) is 16.3. The minimum atomic E-state index is -1.05. The van der Waals surface area contributed by atoms with E-state index in [0.29, 0.717) is 16.8 Å². The Hall–Kier alpha value is -2.87. The van der Waals surface area contributed by atoms with E-state index in [4.69, 9.17) is 5.26 Å². The molecule has 0 unspecified atom stereocenters. The molecule has 0 spiro atoms. The molecule has 5 heteroatoms. The number of rotatable bonds is 3. The number of pyridine rings is 1. The molecule has 0 fully saturated rings. The smallest absolute Gasteiger partial charge is 0.254 e. The Morgan fingerprint density at radius 1 is 1.27 bits per heavy atom. The molecule has 22 heavy (non-hydrogen) atoms. The summed E-state index contributed by atoms with van der Waals surface area (Å²) in [5.41, 5.74) is 0.315. The lowest BCUT2D eigenvalue weighted by atomic mass is 10.0. The van der Waals surface area contributed by atoms with Crippen molar-refractivity contribution in [1.29, 1.82) is 5.26 Å². The Morgan fingerprint density at radius 3 is 2.68 bits per heavy atom. The number of nitriles is 1. The lowest BCUT2D eigenvalue weighted by molar-refractivity contribution is -0.123. The van der Waals surface area contributed by atoms with Gasteiger partial charge in [-0.25, -0.2) is 0 Å². The summed E-state index contributed by atoms with van der Waals surface area (Å²) in [6.07, 6.45) is 1.60. The van der Waals surface area contributed by atoms with Gasteiger partial charge < -0.3 is 9.88 Å². The van der Waals surface area contributed by atoms with Crippen LogP contribution in [0.4, 0.5) is 5.69 Å². The molecule has 0 radical (unpaired) electrons. The highest BCUT2D eigenvalue weighted by Crippen LogP contribution is 2.18. The van der Waals surface area contributed by atoms with Crippen LogP contribution in [0, 0.1) is 18.3 Å². The second-order valence-corrected chi connectivity index (χ2v) is 5.57. The summed E-state index contributed by atoms with van der Waals surface area (Å²) in [4.78, 5) is 24.8. The molecular formula is C17H17N3O2. The van der Waals surface area contributed by atoms with Gasteiger partial charge in [0.15, 0.2) is 0 Å². The van der Waals surface area contributed by atoms with Gasteiger partial charge in [0, 0.05) is 17.4 Å². The summed E-state index contributed by atoms with van der Waals surface area (Å²) in [5, 5.41) is 11.6. The van der Waals surface area contributed by atoms with E-state index in [1.807, 2.05) is 6.07 Å². The van der Waals surface area contributed by atoms with Gasteiger partial charge in [0.25, 0.3) is 5.56 Å². The molecule has 112 valence electrons. The lowest BCUT2D eigenvalue weighted by Gasteiger charge is -2.26. The van der Waals surface area contributed by atoms with Crippen molar-refractivity contribution in [1.82, 2.24) is 4.57 Å². The van der Waals surface area contributed by atoms with Crippen LogP contribution in [0.15, 0.2) is 47.4 Å². The van der Waals surface area contributed by atoms with E-state index < -0.39 is 5.54 Å². The molecular weight excluding hydrogens is 278 g/mol. The van der Waals surface area contributed by atoms with E-state index in [0.717, 1.165) is 0 Å². The average Bonchev–Trinajstić information content (AvgIpc) is 2.50. The van der Waals surface area contributed by atoms with Gasteiger partial charge in [-0.05, 0) is 45.0 Å². The summed E-state index contributed by atoms with van der Waals surface area (Å²) in [6.45, 7) is 5.07. The molecule has 1 aromatic heterocycles. The lowest BCUT2D eigenvalue weighted by Crippen LogP contribution is -2.45. The van der Waals surface area contributed by atoms with Crippen LogP contribution >= 0.6 is 0 Å². The molecule has 0 saturated heterocycles. The number of carbonyl (C=O) groups is 1. The average molecular weight is 295 g/mol. The molecule has 1 amide bonds. The van der Waals surface area contributed by atoms with E-state index >= 15 is 0 Å². The van der Waals surface area contributed by atoms with Crippen LogP contribution in [0.3, 0.4) is 0 Å². The first kappa shape index (κ1) is 15.5. The Morgan fingerprint density at radius 2 is 2.00 bits per heavy atom. The van der Waals surface area contributed by atoms with Crippen molar-refractivity contribution < 1.29 is 4.79 Å². The van der Waals surface area contributed by atoms with Crippen LogP contribution in [-0.2, 0) is 10.3 Å². The minimum Gasteiger partial charge on any atom is -0.324 e. The summed E-state index contributed by atoms with van der Waals surface area (Å²) in [6, 6.07) is 12.1. The fourth-order valence-electron chi connectivity index (χ4n) is 2.10. The van der Waals surface area contributed by atoms with Crippen molar-refractivity contribution in [3.05, 3.63) is 64.1 Å².